The summed E-state index contributed by atoms with van der Waals surface area (Å²) in [4.78, 5) is 25.9. The topological polar surface area (TPSA) is 49.4 Å². The van der Waals surface area contributed by atoms with Gasteiger partial charge < -0.3 is 10.2 Å². The monoisotopic (exact) mass is 278 g/mol. The van der Waals surface area contributed by atoms with Crippen LogP contribution in [0, 0.1) is 0 Å². The van der Waals surface area contributed by atoms with Crippen molar-refractivity contribution < 1.29 is 9.59 Å². The number of nitrogens with one attached hydrogen (secondary N) is 1. The second kappa shape index (κ2) is 5.33. The highest BCUT2D eigenvalue weighted by molar-refractivity contribution is 7.07. The molecule has 2 amide bonds. The Morgan fingerprint density at radius 3 is 3.05 bits per heavy atom. The molecular formula is C14H18N2O2S. The van der Waals surface area contributed by atoms with Crippen LogP contribution in [0.15, 0.2) is 16.8 Å². The van der Waals surface area contributed by atoms with Crippen molar-refractivity contribution in [3.05, 3.63) is 22.4 Å². The molecule has 0 radical (unpaired) electrons. The molecule has 0 aliphatic carbocycles. The molecule has 0 spiro atoms. The van der Waals surface area contributed by atoms with Crippen molar-refractivity contribution in [3.63, 3.8) is 0 Å². The molecule has 1 N–H and O–H groups in total. The lowest BCUT2D eigenvalue weighted by molar-refractivity contribution is -0.133. The lowest BCUT2D eigenvalue weighted by Crippen LogP contribution is -2.42. The number of aryl methyl sites for hydroxylation is 1. The van der Waals surface area contributed by atoms with E-state index in [0.717, 1.165) is 19.3 Å². The molecule has 1 aromatic heterocycles. The molecule has 1 aromatic rings. The van der Waals surface area contributed by atoms with E-state index in [1.54, 1.807) is 11.3 Å². The molecule has 2 bridgehead atoms. The molecule has 3 rings (SSSR count). The summed E-state index contributed by atoms with van der Waals surface area (Å²) in [6.07, 6.45) is 3.83. The molecule has 19 heavy (non-hydrogen) atoms. The van der Waals surface area contributed by atoms with Gasteiger partial charge in [0, 0.05) is 31.5 Å². The number of fused-ring (bicyclic) bond motifs is 2. The molecular weight excluding hydrogens is 260 g/mol. The van der Waals surface area contributed by atoms with E-state index in [4.69, 9.17) is 0 Å². The van der Waals surface area contributed by atoms with Gasteiger partial charge >= 0.3 is 0 Å². The average molecular weight is 278 g/mol. The molecule has 2 atom stereocenters. The van der Waals surface area contributed by atoms with Crippen molar-refractivity contribution in [2.75, 3.05) is 6.54 Å². The lowest BCUT2D eigenvalue weighted by atomic mass is 10.1. The van der Waals surface area contributed by atoms with Crippen LogP contribution in [0.4, 0.5) is 0 Å². The van der Waals surface area contributed by atoms with Gasteiger partial charge in [-0.15, -0.1) is 0 Å². The zero-order valence-electron chi connectivity index (χ0n) is 10.8. The van der Waals surface area contributed by atoms with Crippen molar-refractivity contribution in [2.45, 2.75) is 44.2 Å². The Balaban J connectivity index is 1.64. The van der Waals surface area contributed by atoms with Crippen molar-refractivity contribution in [1.29, 1.82) is 0 Å². The number of amides is 2. The fourth-order valence-corrected chi connectivity index (χ4v) is 3.81. The van der Waals surface area contributed by atoms with Gasteiger partial charge in [-0.3, -0.25) is 9.59 Å². The minimum absolute atomic E-state index is 0.0860. The van der Waals surface area contributed by atoms with Crippen LogP contribution in [0.3, 0.4) is 0 Å². The Morgan fingerprint density at radius 2 is 2.26 bits per heavy atom. The fourth-order valence-electron chi connectivity index (χ4n) is 3.10. The maximum atomic E-state index is 12.4. The van der Waals surface area contributed by atoms with E-state index in [-0.39, 0.29) is 23.9 Å². The second-order valence-electron chi connectivity index (χ2n) is 5.33. The third kappa shape index (κ3) is 2.66. The number of nitrogens with zero attached hydrogens (tertiary/aromatic N) is 1. The van der Waals surface area contributed by atoms with Gasteiger partial charge in [0.25, 0.3) is 0 Å². The van der Waals surface area contributed by atoms with Crippen molar-refractivity contribution in [2.24, 2.45) is 0 Å². The first-order valence-electron chi connectivity index (χ1n) is 6.83. The van der Waals surface area contributed by atoms with Gasteiger partial charge in [0.05, 0.1) is 0 Å². The largest absolute Gasteiger partial charge is 0.354 e. The van der Waals surface area contributed by atoms with Crippen LogP contribution in [-0.2, 0) is 16.0 Å². The molecule has 2 fully saturated rings. The van der Waals surface area contributed by atoms with E-state index in [0.29, 0.717) is 19.4 Å². The zero-order chi connectivity index (χ0) is 13.2. The summed E-state index contributed by atoms with van der Waals surface area (Å²) < 4.78 is 0. The fraction of sp³-hybridized carbons (Fsp3) is 0.571. The van der Waals surface area contributed by atoms with Gasteiger partial charge in [-0.1, -0.05) is 0 Å². The molecule has 4 nitrogen and oxygen atoms in total. The first-order chi connectivity index (χ1) is 9.24. The van der Waals surface area contributed by atoms with Crippen LogP contribution in [0.1, 0.15) is 31.2 Å². The van der Waals surface area contributed by atoms with Crippen LogP contribution in [0.5, 0.6) is 0 Å². The predicted octanol–water partition coefficient (Wildman–Crippen LogP) is 1.56. The maximum absolute atomic E-state index is 12.4. The third-order valence-electron chi connectivity index (χ3n) is 4.07. The maximum Gasteiger partial charge on any atom is 0.223 e. The molecule has 2 aliphatic rings. The standard InChI is InChI=1S/C14H18N2O2S/c17-13-7-11-2-3-12(8-15-13)16(11)14(18)4-1-10-5-6-19-9-10/h5-6,9,11-12H,1-4,7-8H2,(H,15,17)/t11-,12+/m1/s1. The van der Waals surface area contributed by atoms with Gasteiger partial charge in [-0.2, -0.15) is 11.3 Å². The van der Waals surface area contributed by atoms with Crippen LogP contribution in [0.2, 0.25) is 0 Å². The van der Waals surface area contributed by atoms with Crippen LogP contribution in [0.25, 0.3) is 0 Å². The van der Waals surface area contributed by atoms with Crippen LogP contribution in [-0.4, -0.2) is 35.3 Å². The summed E-state index contributed by atoms with van der Waals surface area (Å²) >= 11 is 1.66. The quantitative estimate of drug-likeness (QED) is 0.912. The Labute approximate surface area is 116 Å². The summed E-state index contributed by atoms with van der Waals surface area (Å²) in [7, 11) is 0. The van der Waals surface area contributed by atoms with E-state index in [1.807, 2.05) is 10.3 Å². The SMILES string of the molecule is O=C1C[C@H]2CC[C@@H](CN1)N2C(=O)CCc1ccsc1. The lowest BCUT2D eigenvalue weighted by Gasteiger charge is -2.27. The van der Waals surface area contributed by atoms with E-state index in [9.17, 15) is 9.59 Å². The average Bonchev–Trinajstić information content (AvgIpc) is 2.98. The van der Waals surface area contributed by atoms with Gasteiger partial charge in [0.2, 0.25) is 11.8 Å². The third-order valence-corrected chi connectivity index (χ3v) is 4.80. The number of thiophene rings is 1. The molecule has 3 heterocycles. The number of carbonyl (C=O) groups is 2. The molecule has 2 saturated heterocycles. The molecule has 2 aliphatic heterocycles. The normalized spacial score (nSPS) is 26.1. The van der Waals surface area contributed by atoms with Crippen molar-refractivity contribution in [1.82, 2.24) is 10.2 Å². The van der Waals surface area contributed by atoms with Crippen molar-refractivity contribution in [3.8, 4) is 0 Å². The Kier molecular flexibility index (Phi) is 3.55. The Morgan fingerprint density at radius 1 is 1.42 bits per heavy atom. The zero-order valence-corrected chi connectivity index (χ0v) is 11.6. The smallest absolute Gasteiger partial charge is 0.223 e. The van der Waals surface area contributed by atoms with E-state index in [2.05, 4.69) is 16.8 Å². The number of rotatable bonds is 3. The van der Waals surface area contributed by atoms with E-state index < -0.39 is 0 Å². The number of hydrogen-bond acceptors (Lipinski definition) is 3. The first kappa shape index (κ1) is 12.7. The number of carbonyl (C=O) groups excluding carboxylic acids is 2. The minimum atomic E-state index is 0.0860. The highest BCUT2D eigenvalue weighted by atomic mass is 32.1. The molecule has 102 valence electrons. The summed E-state index contributed by atoms with van der Waals surface area (Å²) in [5.41, 5.74) is 1.23. The minimum Gasteiger partial charge on any atom is -0.354 e. The highest BCUT2D eigenvalue weighted by Gasteiger charge is 2.39. The summed E-state index contributed by atoms with van der Waals surface area (Å²) in [6.45, 7) is 0.625. The van der Waals surface area contributed by atoms with E-state index in [1.165, 1.54) is 5.56 Å². The molecule has 0 saturated carbocycles. The van der Waals surface area contributed by atoms with Gasteiger partial charge in [-0.25, -0.2) is 0 Å². The van der Waals surface area contributed by atoms with Gasteiger partial charge in [-0.05, 0) is 41.7 Å². The first-order valence-corrected chi connectivity index (χ1v) is 7.77. The highest BCUT2D eigenvalue weighted by Crippen LogP contribution is 2.29. The number of hydrogen-bond donors (Lipinski definition) is 1. The van der Waals surface area contributed by atoms with Gasteiger partial charge in [0.1, 0.15) is 0 Å². The molecule has 0 unspecified atom stereocenters. The summed E-state index contributed by atoms with van der Waals surface area (Å²) in [5, 5.41) is 7.03. The van der Waals surface area contributed by atoms with Gasteiger partial charge in [0.15, 0.2) is 0 Å². The second-order valence-corrected chi connectivity index (χ2v) is 6.11. The summed E-state index contributed by atoms with van der Waals surface area (Å²) in [5.74, 6) is 0.290. The molecule has 0 aromatic carbocycles. The van der Waals surface area contributed by atoms with Crippen LogP contribution >= 0.6 is 11.3 Å². The van der Waals surface area contributed by atoms with Crippen molar-refractivity contribution >= 4 is 23.2 Å². The Hall–Kier alpha value is -1.36. The summed E-state index contributed by atoms with van der Waals surface area (Å²) in [6, 6.07) is 2.41. The predicted molar refractivity (Wildman–Crippen MR) is 73.9 cm³/mol. The molecule has 5 heteroatoms. The van der Waals surface area contributed by atoms with Crippen LogP contribution < -0.4 is 5.32 Å². The van der Waals surface area contributed by atoms with E-state index >= 15 is 0 Å². The Bertz CT molecular complexity index is 472.